The van der Waals surface area contributed by atoms with E-state index in [0.717, 1.165) is 12.8 Å². The minimum Gasteiger partial charge on any atom is -0.395 e. The van der Waals surface area contributed by atoms with Crippen LogP contribution >= 0.6 is 0 Å². The van der Waals surface area contributed by atoms with E-state index in [4.69, 9.17) is 5.11 Å². The van der Waals surface area contributed by atoms with Crippen LogP contribution in [0.3, 0.4) is 0 Å². The number of nitrogens with zero attached hydrogens (tertiary/aromatic N) is 1. The largest absolute Gasteiger partial charge is 0.395 e. The number of alkyl halides is 2. The first-order valence-corrected chi connectivity index (χ1v) is 5.21. The van der Waals surface area contributed by atoms with E-state index >= 15 is 0 Å². The molecule has 1 unspecified atom stereocenters. The van der Waals surface area contributed by atoms with Crippen LogP contribution in [0, 0.1) is 5.92 Å². The Labute approximate surface area is 84.9 Å². The molecule has 0 aromatic rings. The zero-order valence-electron chi connectivity index (χ0n) is 9.05. The Bertz CT molecular complexity index is 133. The van der Waals surface area contributed by atoms with Crippen LogP contribution in [-0.2, 0) is 0 Å². The van der Waals surface area contributed by atoms with Gasteiger partial charge in [0.2, 0.25) is 0 Å². The summed E-state index contributed by atoms with van der Waals surface area (Å²) in [4.78, 5) is 1.63. The van der Waals surface area contributed by atoms with Gasteiger partial charge in [0.15, 0.2) is 0 Å². The van der Waals surface area contributed by atoms with Crippen molar-refractivity contribution in [1.29, 1.82) is 0 Å². The molecule has 1 atom stereocenters. The number of rotatable bonds is 8. The molecule has 0 aliphatic heterocycles. The van der Waals surface area contributed by atoms with E-state index in [1.807, 2.05) is 0 Å². The molecule has 0 heterocycles. The minimum absolute atomic E-state index is 0.0500. The van der Waals surface area contributed by atoms with E-state index in [9.17, 15) is 8.78 Å². The molecule has 0 amide bonds. The molecule has 0 aliphatic carbocycles. The van der Waals surface area contributed by atoms with E-state index in [0.29, 0.717) is 19.0 Å². The first-order chi connectivity index (χ1) is 6.60. The Morgan fingerprint density at radius 3 is 2.36 bits per heavy atom. The van der Waals surface area contributed by atoms with Gasteiger partial charge in [-0.1, -0.05) is 20.3 Å². The highest BCUT2D eigenvalue weighted by atomic mass is 19.3. The Kier molecular flexibility index (Phi) is 7.99. The normalized spacial score (nSPS) is 13.9. The molecule has 14 heavy (non-hydrogen) atoms. The standard InChI is InChI=1S/C10H21F2NO/c1-3-4-9(2)7-13(5-6-14)8-10(11)12/h9-10,14H,3-8H2,1-2H3. The minimum atomic E-state index is -2.31. The lowest BCUT2D eigenvalue weighted by molar-refractivity contribution is 0.0705. The summed E-state index contributed by atoms with van der Waals surface area (Å²) in [7, 11) is 0. The maximum Gasteiger partial charge on any atom is 0.251 e. The molecule has 2 nitrogen and oxygen atoms in total. The molecule has 0 aromatic carbocycles. The highest BCUT2D eigenvalue weighted by molar-refractivity contribution is 4.63. The second-order valence-corrected chi connectivity index (χ2v) is 3.77. The molecular formula is C10H21F2NO. The molecule has 0 saturated carbocycles. The Morgan fingerprint density at radius 2 is 1.93 bits per heavy atom. The molecule has 0 aliphatic rings. The van der Waals surface area contributed by atoms with Crippen LogP contribution in [0.5, 0.6) is 0 Å². The fraction of sp³-hybridized carbons (Fsp3) is 1.00. The van der Waals surface area contributed by atoms with Crippen molar-refractivity contribution in [3.05, 3.63) is 0 Å². The van der Waals surface area contributed by atoms with Crippen molar-refractivity contribution >= 4 is 0 Å². The fourth-order valence-corrected chi connectivity index (χ4v) is 1.62. The summed E-state index contributed by atoms with van der Waals surface area (Å²) < 4.78 is 24.2. The highest BCUT2D eigenvalue weighted by Gasteiger charge is 2.13. The highest BCUT2D eigenvalue weighted by Crippen LogP contribution is 2.08. The number of hydrogen-bond donors (Lipinski definition) is 1. The van der Waals surface area contributed by atoms with Gasteiger partial charge in [-0.05, 0) is 12.3 Å². The van der Waals surface area contributed by atoms with Crippen LogP contribution in [0.4, 0.5) is 8.78 Å². The van der Waals surface area contributed by atoms with Crippen molar-refractivity contribution in [1.82, 2.24) is 4.90 Å². The summed E-state index contributed by atoms with van der Waals surface area (Å²) >= 11 is 0. The first-order valence-electron chi connectivity index (χ1n) is 5.21. The van der Waals surface area contributed by atoms with Gasteiger partial charge in [-0.15, -0.1) is 0 Å². The lowest BCUT2D eigenvalue weighted by atomic mass is 10.1. The quantitative estimate of drug-likeness (QED) is 0.660. The van der Waals surface area contributed by atoms with Gasteiger partial charge in [0, 0.05) is 13.1 Å². The van der Waals surface area contributed by atoms with Crippen molar-refractivity contribution in [3.63, 3.8) is 0 Å². The first kappa shape index (κ1) is 13.8. The lowest BCUT2D eigenvalue weighted by Gasteiger charge is -2.24. The lowest BCUT2D eigenvalue weighted by Crippen LogP contribution is -2.35. The fourth-order valence-electron chi connectivity index (χ4n) is 1.62. The van der Waals surface area contributed by atoms with E-state index in [1.54, 1.807) is 4.90 Å². The molecule has 86 valence electrons. The summed E-state index contributed by atoms with van der Waals surface area (Å²) in [5, 5.41) is 8.71. The molecular weight excluding hydrogens is 188 g/mol. The summed E-state index contributed by atoms with van der Waals surface area (Å²) in [5.74, 6) is 0.422. The van der Waals surface area contributed by atoms with Gasteiger partial charge < -0.3 is 5.11 Å². The Hall–Kier alpha value is -0.220. The van der Waals surface area contributed by atoms with Crippen molar-refractivity contribution in [2.24, 2.45) is 5.92 Å². The van der Waals surface area contributed by atoms with Crippen LogP contribution in [0.2, 0.25) is 0 Å². The van der Waals surface area contributed by atoms with Crippen molar-refractivity contribution in [2.45, 2.75) is 33.1 Å². The van der Waals surface area contributed by atoms with Gasteiger partial charge in [0.1, 0.15) is 0 Å². The van der Waals surface area contributed by atoms with E-state index in [-0.39, 0.29) is 13.2 Å². The van der Waals surface area contributed by atoms with Gasteiger partial charge in [-0.3, -0.25) is 4.90 Å². The third-order valence-electron chi connectivity index (χ3n) is 2.16. The summed E-state index contributed by atoms with van der Waals surface area (Å²) in [6, 6.07) is 0. The topological polar surface area (TPSA) is 23.5 Å². The van der Waals surface area contributed by atoms with Gasteiger partial charge in [-0.2, -0.15) is 0 Å². The smallest absolute Gasteiger partial charge is 0.251 e. The second kappa shape index (κ2) is 8.12. The molecule has 0 fully saturated rings. The summed E-state index contributed by atoms with van der Waals surface area (Å²) in [6.45, 7) is 4.86. The van der Waals surface area contributed by atoms with Crippen LogP contribution in [0.25, 0.3) is 0 Å². The average molecular weight is 209 g/mol. The second-order valence-electron chi connectivity index (χ2n) is 3.77. The Balaban J connectivity index is 3.81. The number of hydrogen-bond acceptors (Lipinski definition) is 2. The van der Waals surface area contributed by atoms with Gasteiger partial charge in [0.05, 0.1) is 13.2 Å². The van der Waals surface area contributed by atoms with Crippen LogP contribution in [-0.4, -0.2) is 42.7 Å². The van der Waals surface area contributed by atoms with Crippen molar-refractivity contribution in [3.8, 4) is 0 Å². The monoisotopic (exact) mass is 209 g/mol. The van der Waals surface area contributed by atoms with Gasteiger partial charge in [0.25, 0.3) is 6.43 Å². The van der Waals surface area contributed by atoms with Crippen LogP contribution in [0.1, 0.15) is 26.7 Å². The molecule has 1 N–H and O–H groups in total. The van der Waals surface area contributed by atoms with Crippen molar-refractivity contribution in [2.75, 3.05) is 26.2 Å². The van der Waals surface area contributed by atoms with Gasteiger partial charge in [-0.25, -0.2) is 8.78 Å². The van der Waals surface area contributed by atoms with Crippen LogP contribution < -0.4 is 0 Å². The molecule has 0 radical (unpaired) electrons. The third-order valence-corrected chi connectivity index (χ3v) is 2.16. The number of halogens is 2. The molecule has 4 heteroatoms. The molecule has 0 saturated heterocycles. The third kappa shape index (κ3) is 7.21. The maximum absolute atomic E-state index is 12.1. The maximum atomic E-state index is 12.1. The van der Waals surface area contributed by atoms with Crippen molar-refractivity contribution < 1.29 is 13.9 Å². The predicted molar refractivity (Wildman–Crippen MR) is 53.6 cm³/mol. The SMILES string of the molecule is CCCC(C)CN(CCO)CC(F)F. The molecule has 0 rings (SSSR count). The van der Waals surface area contributed by atoms with E-state index in [2.05, 4.69) is 13.8 Å². The summed E-state index contributed by atoms with van der Waals surface area (Å²) in [6.07, 6.45) is -0.191. The van der Waals surface area contributed by atoms with Crippen LogP contribution in [0.15, 0.2) is 0 Å². The zero-order chi connectivity index (χ0) is 11.0. The van der Waals surface area contributed by atoms with E-state index < -0.39 is 6.43 Å². The van der Waals surface area contributed by atoms with Gasteiger partial charge >= 0.3 is 0 Å². The molecule has 0 spiro atoms. The summed E-state index contributed by atoms with van der Waals surface area (Å²) in [5.41, 5.74) is 0. The van der Waals surface area contributed by atoms with E-state index in [1.165, 1.54) is 0 Å². The molecule has 0 aromatic heterocycles. The number of aliphatic hydroxyl groups is 1. The average Bonchev–Trinajstić information content (AvgIpc) is 2.03. The number of aliphatic hydroxyl groups excluding tert-OH is 1. The molecule has 0 bridgehead atoms. The Morgan fingerprint density at radius 1 is 1.29 bits per heavy atom. The zero-order valence-corrected chi connectivity index (χ0v) is 9.05. The predicted octanol–water partition coefficient (Wildman–Crippen LogP) is 1.98.